The number of fused-ring (bicyclic) bond motifs is 1. The van der Waals surface area contributed by atoms with Gasteiger partial charge in [-0.05, 0) is 88.1 Å². The molecule has 0 bridgehead atoms. The van der Waals surface area contributed by atoms with Gasteiger partial charge in [-0.15, -0.1) is 0 Å². The summed E-state index contributed by atoms with van der Waals surface area (Å²) in [6.07, 6.45) is -6.47. The van der Waals surface area contributed by atoms with Crippen LogP contribution in [-0.2, 0) is 47.5 Å². The first-order valence-electron chi connectivity index (χ1n) is 20.9. The van der Waals surface area contributed by atoms with Crippen LogP contribution in [-0.4, -0.2) is 177 Å². The van der Waals surface area contributed by atoms with E-state index in [9.17, 15) is 24.9 Å². The van der Waals surface area contributed by atoms with Crippen molar-refractivity contribution in [1.29, 1.82) is 0 Å². The second-order valence-corrected chi connectivity index (χ2v) is 18.5. The smallest absolute Gasteiger partial charge is 0.311 e. The van der Waals surface area contributed by atoms with Crippen molar-refractivity contribution in [1.82, 2.24) is 9.80 Å². The van der Waals surface area contributed by atoms with E-state index in [1.54, 1.807) is 55.8 Å². The maximum absolute atomic E-state index is 14.2. The fourth-order valence-electron chi connectivity index (χ4n) is 9.79. The number of Topliss-reactive ketones (excluding diaryl/α,β-unsaturated/α-hetero) is 1. The summed E-state index contributed by atoms with van der Waals surface area (Å²) < 4.78 is 51.1. The lowest BCUT2D eigenvalue weighted by Gasteiger charge is -2.50. The van der Waals surface area contributed by atoms with Crippen molar-refractivity contribution in [2.45, 2.75) is 172 Å². The molecule has 4 fully saturated rings. The average Bonchev–Trinajstić information content (AvgIpc) is 3.69. The van der Waals surface area contributed by atoms with Crippen LogP contribution >= 0.6 is 0 Å². The van der Waals surface area contributed by atoms with Crippen LogP contribution in [0.15, 0.2) is 0 Å². The van der Waals surface area contributed by atoms with Gasteiger partial charge in [-0.1, -0.05) is 27.7 Å². The molecule has 1 unspecified atom stereocenters. The Kier molecular flexibility index (Phi) is 16.2. The number of ketones is 1. The van der Waals surface area contributed by atoms with Gasteiger partial charge >= 0.3 is 5.97 Å². The molecule has 3 aliphatic heterocycles. The predicted molar refractivity (Wildman–Crippen MR) is 211 cm³/mol. The summed E-state index contributed by atoms with van der Waals surface area (Å²) >= 11 is 0. The number of hydrogen-bond acceptors (Lipinski definition) is 15. The number of methoxy groups -OCH3 is 3. The summed E-state index contributed by atoms with van der Waals surface area (Å²) in [6, 6.07) is -0.0492. The Morgan fingerprint density at radius 3 is 2.02 bits per heavy atom. The van der Waals surface area contributed by atoms with Crippen LogP contribution < -0.4 is 0 Å². The molecule has 0 radical (unpaired) electrons. The first kappa shape index (κ1) is 48.3. The van der Waals surface area contributed by atoms with Crippen LogP contribution in [0.1, 0.15) is 88.0 Å². The van der Waals surface area contributed by atoms with Gasteiger partial charge in [0.1, 0.15) is 29.7 Å². The van der Waals surface area contributed by atoms with Crippen molar-refractivity contribution in [3.63, 3.8) is 0 Å². The normalized spacial score (nSPS) is 47.7. The Balaban J connectivity index is 1.81. The van der Waals surface area contributed by atoms with E-state index >= 15 is 0 Å². The molecule has 57 heavy (non-hydrogen) atoms. The molecule has 4 aliphatic rings. The van der Waals surface area contributed by atoms with E-state index in [1.165, 1.54) is 7.11 Å². The highest BCUT2D eigenvalue weighted by Crippen LogP contribution is 2.51. The number of rotatable bonds is 12. The highest BCUT2D eigenvalue weighted by atomic mass is 16.7. The van der Waals surface area contributed by atoms with Gasteiger partial charge in [-0.3, -0.25) is 9.59 Å². The van der Waals surface area contributed by atoms with Crippen molar-refractivity contribution >= 4 is 11.8 Å². The standard InChI is InChI=1S/C42H76N2O13/c1-22-20-41(9,52-15)36(57-39-33(50-13)29(19-23(2)53-39)44(12)18-16-17-43(10)11)25(4)32(55-30-21-40(8,51-14)35(47)28(7)54-30)26(5)38(48)56-37-27(6)42(37,49)34(46)24(3)31(22)45/h22-30,32-37,39,46-47,49H,16-21H2,1-15H3/t22-,23-,24+,25+,26-,27?,28+,29+,30+,32+,33-,34-,35+,36-,37-,39+,40-,41+,42+/m1/s1. The molecule has 3 saturated heterocycles. The van der Waals surface area contributed by atoms with Gasteiger partial charge in [0, 0.05) is 57.5 Å². The van der Waals surface area contributed by atoms with Crippen molar-refractivity contribution < 1.29 is 62.8 Å². The minimum absolute atomic E-state index is 0.0492. The Bertz CT molecular complexity index is 1340. The number of aliphatic hydroxyl groups is 3. The third-order valence-electron chi connectivity index (χ3n) is 13.9. The van der Waals surface area contributed by atoms with Gasteiger partial charge in [0.25, 0.3) is 0 Å². The molecular weight excluding hydrogens is 740 g/mol. The van der Waals surface area contributed by atoms with Gasteiger partial charge in [-0.25, -0.2) is 0 Å². The minimum atomic E-state index is -1.80. The third kappa shape index (κ3) is 10.1. The molecule has 0 aromatic heterocycles. The number of esters is 1. The quantitative estimate of drug-likeness (QED) is 0.245. The van der Waals surface area contributed by atoms with Gasteiger partial charge < -0.3 is 63.0 Å². The second kappa shape index (κ2) is 19.1. The molecule has 0 amide bonds. The van der Waals surface area contributed by atoms with Gasteiger partial charge in [-0.2, -0.15) is 0 Å². The van der Waals surface area contributed by atoms with Crippen LogP contribution in [0.4, 0.5) is 0 Å². The largest absolute Gasteiger partial charge is 0.458 e. The third-order valence-corrected chi connectivity index (χ3v) is 13.9. The van der Waals surface area contributed by atoms with E-state index < -0.39 is 108 Å². The minimum Gasteiger partial charge on any atom is -0.458 e. The highest BCUT2D eigenvalue weighted by molar-refractivity contribution is 5.84. The summed E-state index contributed by atoms with van der Waals surface area (Å²) in [5.74, 6) is -4.78. The number of carbonyl (C=O) groups is 2. The molecule has 1 saturated carbocycles. The predicted octanol–water partition coefficient (Wildman–Crippen LogP) is 2.64. The summed E-state index contributed by atoms with van der Waals surface area (Å²) in [5.41, 5.74) is -4.01. The first-order chi connectivity index (χ1) is 26.5. The summed E-state index contributed by atoms with van der Waals surface area (Å²) in [7, 11) is 10.9. The van der Waals surface area contributed by atoms with Crippen LogP contribution in [0.25, 0.3) is 0 Å². The van der Waals surface area contributed by atoms with Crippen molar-refractivity contribution in [2.75, 3.05) is 55.6 Å². The topological polar surface area (TPSA) is 175 Å². The number of aliphatic hydroxyl groups excluding tert-OH is 2. The fraction of sp³-hybridized carbons (Fsp3) is 0.952. The van der Waals surface area contributed by atoms with E-state index in [1.807, 2.05) is 20.8 Å². The zero-order valence-corrected chi connectivity index (χ0v) is 37.3. The summed E-state index contributed by atoms with van der Waals surface area (Å²) in [6.45, 7) is 17.8. The van der Waals surface area contributed by atoms with Crippen LogP contribution in [0.2, 0.25) is 0 Å². The van der Waals surface area contributed by atoms with Crippen LogP contribution in [0, 0.1) is 29.6 Å². The Morgan fingerprint density at radius 1 is 0.807 bits per heavy atom. The summed E-state index contributed by atoms with van der Waals surface area (Å²) in [4.78, 5) is 32.8. The molecule has 0 aromatic rings. The molecule has 19 atom stereocenters. The van der Waals surface area contributed by atoms with Gasteiger partial charge in [0.15, 0.2) is 12.6 Å². The molecule has 15 nitrogen and oxygen atoms in total. The molecule has 4 rings (SSSR count). The van der Waals surface area contributed by atoms with E-state index in [-0.39, 0.29) is 30.8 Å². The SMILES string of the molecule is CO[C@H]1[C@H](O[C@@H]2[C@@H](C)[C@H](O[C@H]3C[C@@](C)(OC)[C@@H](O)[C@H](C)O3)[C@@H](C)C(=O)O[C@@H]3C(C)[C@]3(O)[C@H](O)[C@@H](C)C(=O)[C@H](C)C[C@]2(C)OC)O[C@H](C)C[C@@H]1N(C)CCCN(C)C. The van der Waals surface area contributed by atoms with E-state index in [4.69, 9.17) is 37.9 Å². The van der Waals surface area contributed by atoms with Gasteiger partial charge in [0.2, 0.25) is 0 Å². The second-order valence-electron chi connectivity index (χ2n) is 18.5. The number of nitrogens with zero attached hydrogens (tertiary/aromatic N) is 2. The molecule has 0 spiro atoms. The lowest BCUT2D eigenvalue weighted by Crippen LogP contribution is -2.61. The molecule has 1 aliphatic carbocycles. The number of likely N-dealkylation sites (N-methyl/N-ethyl adjacent to an activating group) is 1. The Morgan fingerprint density at radius 2 is 1.44 bits per heavy atom. The lowest BCUT2D eigenvalue weighted by atomic mass is 9.75. The molecule has 3 heterocycles. The van der Waals surface area contributed by atoms with Crippen LogP contribution in [0.3, 0.4) is 0 Å². The average molecular weight is 817 g/mol. The van der Waals surface area contributed by atoms with E-state index in [2.05, 4.69) is 30.9 Å². The monoisotopic (exact) mass is 817 g/mol. The number of ether oxygens (including phenoxy) is 8. The molecular formula is C42H76N2O13. The Labute approximate surface area is 341 Å². The highest BCUT2D eigenvalue weighted by Gasteiger charge is 2.70. The number of hydrogen-bond donors (Lipinski definition) is 3. The molecule has 3 N–H and O–H groups in total. The van der Waals surface area contributed by atoms with Crippen molar-refractivity contribution in [2.24, 2.45) is 29.6 Å². The van der Waals surface area contributed by atoms with Crippen molar-refractivity contribution in [3.8, 4) is 0 Å². The first-order valence-corrected chi connectivity index (χ1v) is 20.9. The maximum atomic E-state index is 14.2. The van der Waals surface area contributed by atoms with Gasteiger partial charge in [0.05, 0.1) is 47.6 Å². The van der Waals surface area contributed by atoms with E-state index in [0.29, 0.717) is 6.42 Å². The molecule has 0 aromatic carbocycles. The lowest BCUT2D eigenvalue weighted by molar-refractivity contribution is -0.321. The molecule has 332 valence electrons. The molecule has 15 heteroatoms. The van der Waals surface area contributed by atoms with E-state index in [0.717, 1.165) is 19.5 Å². The summed E-state index contributed by atoms with van der Waals surface area (Å²) in [5, 5.41) is 34.1. The zero-order valence-electron chi connectivity index (χ0n) is 37.3. The number of carbonyl (C=O) groups excluding carboxylic acids is 2. The van der Waals surface area contributed by atoms with Crippen LogP contribution in [0.5, 0.6) is 0 Å². The van der Waals surface area contributed by atoms with Crippen molar-refractivity contribution in [3.05, 3.63) is 0 Å². The zero-order chi connectivity index (χ0) is 42.9. The fourth-order valence-corrected chi connectivity index (χ4v) is 9.79. The maximum Gasteiger partial charge on any atom is 0.311 e. The Hall–Kier alpha value is -1.34.